The van der Waals surface area contributed by atoms with Gasteiger partial charge in [-0.3, -0.25) is 0 Å². The second kappa shape index (κ2) is 5.75. The Hall–Kier alpha value is -2.02. The number of ether oxygens (including phenoxy) is 1. The molecular formula is C12H10F2N2O2S. The van der Waals surface area contributed by atoms with Crippen LogP contribution in [0.5, 0.6) is 0 Å². The van der Waals surface area contributed by atoms with Gasteiger partial charge in [0.05, 0.1) is 12.1 Å². The molecule has 0 spiro atoms. The fourth-order valence-electron chi connectivity index (χ4n) is 1.41. The summed E-state index contributed by atoms with van der Waals surface area (Å²) in [6.07, 6.45) is 0. The standard InChI is InChI=1S/C12H10F2N2O2S/c1-2-18-12(17)10-11(19-6-15-10)16-9-7(13)4-3-5-8(9)14/h3-6,16H,2H2,1H3. The van der Waals surface area contributed by atoms with Crippen LogP contribution in [0.4, 0.5) is 19.5 Å². The maximum atomic E-state index is 13.5. The van der Waals surface area contributed by atoms with E-state index in [1.54, 1.807) is 6.92 Å². The first-order valence-corrected chi connectivity index (χ1v) is 6.33. The summed E-state index contributed by atoms with van der Waals surface area (Å²) in [6.45, 7) is 1.86. The summed E-state index contributed by atoms with van der Waals surface area (Å²) < 4.78 is 31.8. The predicted molar refractivity (Wildman–Crippen MR) is 67.7 cm³/mol. The number of anilines is 2. The van der Waals surface area contributed by atoms with Gasteiger partial charge in [0, 0.05) is 0 Å². The molecule has 4 nitrogen and oxygen atoms in total. The highest BCUT2D eigenvalue weighted by Crippen LogP contribution is 2.28. The van der Waals surface area contributed by atoms with E-state index in [0.717, 1.165) is 23.5 Å². The molecular weight excluding hydrogens is 274 g/mol. The van der Waals surface area contributed by atoms with Crippen LogP contribution in [0.15, 0.2) is 23.7 Å². The van der Waals surface area contributed by atoms with Crippen LogP contribution in [0.3, 0.4) is 0 Å². The van der Waals surface area contributed by atoms with Gasteiger partial charge in [0.2, 0.25) is 0 Å². The smallest absolute Gasteiger partial charge is 0.360 e. The summed E-state index contributed by atoms with van der Waals surface area (Å²) in [7, 11) is 0. The highest BCUT2D eigenvalue weighted by atomic mass is 32.1. The highest BCUT2D eigenvalue weighted by molar-refractivity contribution is 7.14. The lowest BCUT2D eigenvalue weighted by molar-refractivity contribution is 0.0521. The summed E-state index contributed by atoms with van der Waals surface area (Å²) in [6, 6.07) is 3.50. The first-order valence-electron chi connectivity index (χ1n) is 5.45. The number of hydrogen-bond acceptors (Lipinski definition) is 5. The summed E-state index contributed by atoms with van der Waals surface area (Å²) in [5, 5.41) is 2.77. The molecule has 1 aromatic carbocycles. The van der Waals surface area contributed by atoms with Gasteiger partial charge in [-0.1, -0.05) is 6.07 Å². The molecule has 0 aliphatic rings. The van der Waals surface area contributed by atoms with Gasteiger partial charge >= 0.3 is 5.97 Å². The van der Waals surface area contributed by atoms with Crippen molar-refractivity contribution in [3.63, 3.8) is 0 Å². The minimum Gasteiger partial charge on any atom is -0.461 e. The molecule has 1 N–H and O–H groups in total. The number of esters is 1. The highest BCUT2D eigenvalue weighted by Gasteiger charge is 2.18. The third-order valence-corrected chi connectivity index (χ3v) is 2.98. The van der Waals surface area contributed by atoms with Crippen LogP contribution in [0.2, 0.25) is 0 Å². The summed E-state index contributed by atoms with van der Waals surface area (Å²) >= 11 is 1.06. The second-order valence-electron chi connectivity index (χ2n) is 3.47. The Morgan fingerprint density at radius 1 is 1.42 bits per heavy atom. The van der Waals surface area contributed by atoms with Crippen molar-refractivity contribution in [3.8, 4) is 0 Å². The number of nitrogens with zero attached hydrogens (tertiary/aromatic N) is 1. The molecule has 0 atom stereocenters. The average molecular weight is 284 g/mol. The van der Waals surface area contributed by atoms with Crippen molar-refractivity contribution >= 4 is 28.0 Å². The number of carbonyl (C=O) groups excluding carboxylic acids is 1. The van der Waals surface area contributed by atoms with E-state index in [0.29, 0.717) is 0 Å². The number of benzene rings is 1. The predicted octanol–water partition coefficient (Wildman–Crippen LogP) is 3.34. The topological polar surface area (TPSA) is 51.2 Å². The van der Waals surface area contributed by atoms with Crippen molar-refractivity contribution in [2.45, 2.75) is 6.92 Å². The van der Waals surface area contributed by atoms with Gasteiger partial charge in [-0.25, -0.2) is 18.6 Å². The number of para-hydroxylation sites is 1. The third kappa shape index (κ3) is 2.87. The molecule has 0 saturated heterocycles. The first-order chi connectivity index (χ1) is 9.13. The Bertz CT molecular complexity index is 581. The minimum atomic E-state index is -0.747. The molecule has 0 aliphatic carbocycles. The Balaban J connectivity index is 2.30. The minimum absolute atomic E-state index is 0.00880. The number of nitrogens with one attached hydrogen (secondary N) is 1. The van der Waals surface area contributed by atoms with Crippen molar-refractivity contribution in [2.24, 2.45) is 0 Å². The maximum absolute atomic E-state index is 13.5. The van der Waals surface area contributed by atoms with Gasteiger partial charge in [-0.15, -0.1) is 11.3 Å². The molecule has 0 amide bonds. The molecule has 1 aromatic heterocycles. The lowest BCUT2D eigenvalue weighted by atomic mass is 10.3. The van der Waals surface area contributed by atoms with Crippen LogP contribution in [0, 0.1) is 11.6 Å². The first kappa shape index (κ1) is 13.4. The van der Waals surface area contributed by atoms with Crippen molar-refractivity contribution in [1.82, 2.24) is 4.98 Å². The van der Waals surface area contributed by atoms with Crippen LogP contribution < -0.4 is 5.32 Å². The summed E-state index contributed by atoms with van der Waals surface area (Å²) in [5.41, 5.74) is 1.08. The molecule has 1 heterocycles. The molecule has 2 aromatic rings. The fourth-order valence-corrected chi connectivity index (χ4v) is 2.08. The quantitative estimate of drug-likeness (QED) is 0.875. The van der Waals surface area contributed by atoms with Gasteiger partial charge in [0.25, 0.3) is 0 Å². The number of rotatable bonds is 4. The zero-order valence-corrected chi connectivity index (χ0v) is 10.8. The number of hydrogen-bond donors (Lipinski definition) is 1. The molecule has 0 bridgehead atoms. The van der Waals surface area contributed by atoms with E-state index in [1.165, 1.54) is 11.6 Å². The van der Waals surface area contributed by atoms with Crippen LogP contribution >= 0.6 is 11.3 Å². The van der Waals surface area contributed by atoms with E-state index in [9.17, 15) is 13.6 Å². The van der Waals surface area contributed by atoms with E-state index in [1.807, 2.05) is 0 Å². The molecule has 0 unspecified atom stereocenters. The summed E-state index contributed by atoms with van der Waals surface area (Å²) in [4.78, 5) is 15.4. The van der Waals surface area contributed by atoms with Crippen LogP contribution in [-0.2, 0) is 4.74 Å². The lowest BCUT2D eigenvalue weighted by Gasteiger charge is -2.07. The summed E-state index contributed by atoms with van der Waals surface area (Å²) in [5.74, 6) is -2.13. The monoisotopic (exact) mass is 284 g/mol. The Morgan fingerprint density at radius 2 is 2.11 bits per heavy atom. The molecule has 2 rings (SSSR count). The van der Waals surface area contributed by atoms with Gasteiger partial charge in [0.15, 0.2) is 5.69 Å². The SMILES string of the molecule is CCOC(=O)c1ncsc1Nc1c(F)cccc1F. The second-order valence-corrected chi connectivity index (χ2v) is 4.33. The Labute approximate surface area is 112 Å². The zero-order valence-electron chi connectivity index (χ0n) is 9.94. The van der Waals surface area contributed by atoms with Crippen LogP contribution in [0.25, 0.3) is 0 Å². The van der Waals surface area contributed by atoms with E-state index in [-0.39, 0.29) is 23.0 Å². The number of aromatic nitrogens is 1. The van der Waals surface area contributed by atoms with Gasteiger partial charge in [0.1, 0.15) is 22.3 Å². The number of halogens is 2. The zero-order chi connectivity index (χ0) is 13.8. The van der Waals surface area contributed by atoms with E-state index in [2.05, 4.69) is 10.3 Å². The lowest BCUT2D eigenvalue weighted by Crippen LogP contribution is -2.08. The van der Waals surface area contributed by atoms with Crippen molar-refractivity contribution < 1.29 is 18.3 Å². The third-order valence-electron chi connectivity index (χ3n) is 2.24. The van der Waals surface area contributed by atoms with Gasteiger partial charge < -0.3 is 10.1 Å². The Kier molecular flexibility index (Phi) is 4.06. The molecule has 19 heavy (non-hydrogen) atoms. The molecule has 0 aliphatic heterocycles. The number of thiazole rings is 1. The molecule has 0 saturated carbocycles. The van der Waals surface area contributed by atoms with E-state index in [4.69, 9.17) is 4.74 Å². The molecule has 0 fully saturated rings. The average Bonchev–Trinajstić information content (AvgIpc) is 2.82. The van der Waals surface area contributed by atoms with Crippen LogP contribution in [0.1, 0.15) is 17.4 Å². The van der Waals surface area contributed by atoms with Gasteiger partial charge in [-0.2, -0.15) is 0 Å². The molecule has 0 radical (unpaired) electrons. The van der Waals surface area contributed by atoms with Crippen molar-refractivity contribution in [3.05, 3.63) is 41.0 Å². The Morgan fingerprint density at radius 3 is 2.74 bits per heavy atom. The maximum Gasteiger partial charge on any atom is 0.360 e. The van der Waals surface area contributed by atoms with E-state index < -0.39 is 17.6 Å². The fraction of sp³-hybridized carbons (Fsp3) is 0.167. The van der Waals surface area contributed by atoms with Gasteiger partial charge in [-0.05, 0) is 19.1 Å². The normalized spacial score (nSPS) is 10.3. The van der Waals surface area contributed by atoms with E-state index >= 15 is 0 Å². The van der Waals surface area contributed by atoms with Crippen molar-refractivity contribution in [2.75, 3.05) is 11.9 Å². The van der Waals surface area contributed by atoms with Crippen molar-refractivity contribution in [1.29, 1.82) is 0 Å². The molecule has 100 valence electrons. The largest absolute Gasteiger partial charge is 0.461 e. The van der Waals surface area contributed by atoms with Crippen LogP contribution in [-0.4, -0.2) is 17.6 Å². The molecule has 7 heteroatoms. The number of carbonyl (C=O) groups is 1.